The molecule has 0 aliphatic rings. The smallest absolute Gasteiger partial charge is 0.315 e. The van der Waals surface area contributed by atoms with Crippen LogP contribution in [0.1, 0.15) is 25.5 Å². The van der Waals surface area contributed by atoms with Crippen LogP contribution in [0.2, 0.25) is 0 Å². The summed E-state index contributed by atoms with van der Waals surface area (Å²) in [4.78, 5) is 11.5. The van der Waals surface area contributed by atoms with Crippen LogP contribution in [-0.4, -0.2) is 27.2 Å². The molecule has 19 heavy (non-hydrogen) atoms. The van der Waals surface area contributed by atoms with Gasteiger partial charge in [-0.2, -0.15) is 0 Å². The molecule has 0 heterocycles. The molecule has 0 fully saturated rings. The normalized spacial score (nSPS) is 12.6. The highest BCUT2D eigenvalue weighted by Gasteiger charge is 2.14. The number of hydrogen-bond donors (Lipinski definition) is 3. The van der Waals surface area contributed by atoms with E-state index in [1.54, 1.807) is 31.2 Å². The van der Waals surface area contributed by atoms with Gasteiger partial charge >= 0.3 is 6.03 Å². The zero-order chi connectivity index (χ0) is 14.5. The second-order valence-corrected chi connectivity index (χ2v) is 5.94. The van der Waals surface area contributed by atoms with Crippen LogP contribution in [0.5, 0.6) is 0 Å². The molecule has 0 aliphatic heterocycles. The first-order chi connectivity index (χ1) is 8.83. The van der Waals surface area contributed by atoms with Gasteiger partial charge in [-0.15, -0.1) is 0 Å². The van der Waals surface area contributed by atoms with Crippen LogP contribution in [0.25, 0.3) is 0 Å². The van der Waals surface area contributed by atoms with Gasteiger partial charge in [0.2, 0.25) is 10.0 Å². The van der Waals surface area contributed by atoms with Crippen molar-refractivity contribution in [1.29, 1.82) is 0 Å². The largest absolute Gasteiger partial charge is 0.338 e. The summed E-state index contributed by atoms with van der Waals surface area (Å²) < 4.78 is 25.0. The quantitative estimate of drug-likeness (QED) is 0.765. The maximum absolute atomic E-state index is 11.5. The molecule has 7 heteroatoms. The molecule has 0 bridgehead atoms. The van der Waals surface area contributed by atoms with Gasteiger partial charge in [-0.25, -0.2) is 13.2 Å². The van der Waals surface area contributed by atoms with Gasteiger partial charge < -0.3 is 10.6 Å². The standard InChI is InChI=1S/C12H19N3O3S/c1-4-13-12(16)14-9(2)10-7-5-6-8-11(10)15-19(3,17)18/h5-9,15H,4H2,1-3H3,(H2,13,14,16)/t9-/m1/s1. The summed E-state index contributed by atoms with van der Waals surface area (Å²) in [5.41, 5.74) is 1.17. The number of nitrogens with one attached hydrogen (secondary N) is 3. The average Bonchev–Trinajstić information content (AvgIpc) is 2.27. The first-order valence-corrected chi connectivity index (χ1v) is 7.83. The van der Waals surface area contributed by atoms with Gasteiger partial charge in [0.05, 0.1) is 18.0 Å². The maximum atomic E-state index is 11.5. The van der Waals surface area contributed by atoms with E-state index in [1.807, 2.05) is 6.92 Å². The van der Waals surface area contributed by atoms with E-state index < -0.39 is 10.0 Å². The van der Waals surface area contributed by atoms with Crippen LogP contribution in [0.3, 0.4) is 0 Å². The van der Waals surface area contributed by atoms with Gasteiger partial charge in [0, 0.05) is 6.54 Å². The highest BCUT2D eigenvalue weighted by Crippen LogP contribution is 2.23. The predicted molar refractivity (Wildman–Crippen MR) is 75.5 cm³/mol. The number of amides is 2. The Morgan fingerprint density at radius 2 is 1.95 bits per heavy atom. The van der Waals surface area contributed by atoms with Gasteiger partial charge in [0.25, 0.3) is 0 Å². The van der Waals surface area contributed by atoms with Crippen molar-refractivity contribution in [2.45, 2.75) is 19.9 Å². The number of sulfonamides is 1. The van der Waals surface area contributed by atoms with E-state index in [9.17, 15) is 13.2 Å². The van der Waals surface area contributed by atoms with E-state index in [1.165, 1.54) is 0 Å². The number of rotatable bonds is 5. The van der Waals surface area contributed by atoms with Crippen LogP contribution < -0.4 is 15.4 Å². The fraction of sp³-hybridized carbons (Fsp3) is 0.417. The first-order valence-electron chi connectivity index (χ1n) is 5.94. The molecule has 1 atom stereocenters. The molecule has 106 valence electrons. The fourth-order valence-electron chi connectivity index (χ4n) is 1.65. The van der Waals surface area contributed by atoms with Crippen molar-refractivity contribution in [3.63, 3.8) is 0 Å². The second-order valence-electron chi connectivity index (χ2n) is 4.19. The number of benzene rings is 1. The lowest BCUT2D eigenvalue weighted by molar-refractivity contribution is 0.238. The molecule has 2 amide bonds. The molecule has 1 aromatic rings. The Balaban J connectivity index is 2.90. The van der Waals surface area contributed by atoms with E-state index >= 15 is 0 Å². The van der Waals surface area contributed by atoms with Gasteiger partial charge in [-0.3, -0.25) is 4.72 Å². The van der Waals surface area contributed by atoms with Crippen LogP contribution >= 0.6 is 0 Å². The Labute approximate surface area is 113 Å². The minimum absolute atomic E-state index is 0.288. The number of carbonyl (C=O) groups is 1. The monoisotopic (exact) mass is 285 g/mol. The summed E-state index contributed by atoms with van der Waals surface area (Å²) in [6, 6.07) is 6.35. The van der Waals surface area contributed by atoms with E-state index in [0.29, 0.717) is 17.8 Å². The summed E-state index contributed by atoms with van der Waals surface area (Å²) in [6.07, 6.45) is 1.09. The molecule has 6 nitrogen and oxygen atoms in total. The van der Waals surface area contributed by atoms with Crippen molar-refractivity contribution in [2.75, 3.05) is 17.5 Å². The Morgan fingerprint density at radius 3 is 2.53 bits per heavy atom. The van der Waals surface area contributed by atoms with Gasteiger partial charge in [-0.05, 0) is 25.5 Å². The average molecular weight is 285 g/mol. The number of hydrogen-bond acceptors (Lipinski definition) is 3. The van der Waals surface area contributed by atoms with Crippen LogP contribution in [-0.2, 0) is 10.0 Å². The predicted octanol–water partition coefficient (Wildman–Crippen LogP) is 1.44. The molecule has 0 saturated carbocycles. The second kappa shape index (κ2) is 6.42. The first kappa shape index (κ1) is 15.3. The SMILES string of the molecule is CCNC(=O)N[C@H](C)c1ccccc1NS(C)(=O)=O. The van der Waals surface area contributed by atoms with Crippen LogP contribution in [0.4, 0.5) is 10.5 Å². The van der Waals surface area contributed by atoms with Gasteiger partial charge in [-0.1, -0.05) is 18.2 Å². The zero-order valence-corrected chi connectivity index (χ0v) is 12.0. The lowest BCUT2D eigenvalue weighted by atomic mass is 10.1. The Bertz CT molecular complexity index is 543. The van der Waals surface area contributed by atoms with Gasteiger partial charge in [0.1, 0.15) is 0 Å². The van der Waals surface area contributed by atoms with Crippen molar-refractivity contribution in [2.24, 2.45) is 0 Å². The van der Waals surface area contributed by atoms with Crippen molar-refractivity contribution >= 4 is 21.7 Å². The zero-order valence-electron chi connectivity index (χ0n) is 11.2. The molecule has 3 N–H and O–H groups in total. The van der Waals surface area contributed by atoms with Crippen molar-refractivity contribution in [3.8, 4) is 0 Å². The highest BCUT2D eigenvalue weighted by molar-refractivity contribution is 7.92. The van der Waals surface area contributed by atoms with Crippen molar-refractivity contribution < 1.29 is 13.2 Å². The molecule has 0 radical (unpaired) electrons. The lowest BCUT2D eigenvalue weighted by Crippen LogP contribution is -2.37. The highest BCUT2D eigenvalue weighted by atomic mass is 32.2. The van der Waals surface area contributed by atoms with Crippen LogP contribution in [0.15, 0.2) is 24.3 Å². The molecular formula is C12H19N3O3S. The number of carbonyl (C=O) groups excluding carboxylic acids is 1. The fourth-order valence-corrected chi connectivity index (χ4v) is 2.24. The minimum Gasteiger partial charge on any atom is -0.338 e. The summed E-state index contributed by atoms with van der Waals surface area (Å²) >= 11 is 0. The lowest BCUT2D eigenvalue weighted by Gasteiger charge is -2.18. The number of anilines is 1. The summed E-state index contributed by atoms with van der Waals surface area (Å²) in [5.74, 6) is 0. The van der Waals surface area contributed by atoms with E-state index in [-0.39, 0.29) is 12.1 Å². The van der Waals surface area contributed by atoms with Crippen molar-refractivity contribution in [3.05, 3.63) is 29.8 Å². The Morgan fingerprint density at radius 1 is 1.32 bits per heavy atom. The van der Waals surface area contributed by atoms with Crippen molar-refractivity contribution in [1.82, 2.24) is 10.6 Å². The maximum Gasteiger partial charge on any atom is 0.315 e. The van der Waals surface area contributed by atoms with E-state index in [2.05, 4.69) is 15.4 Å². The molecular weight excluding hydrogens is 266 g/mol. The molecule has 0 unspecified atom stereocenters. The van der Waals surface area contributed by atoms with Crippen LogP contribution in [0, 0.1) is 0 Å². The summed E-state index contributed by atoms with van der Waals surface area (Å²) in [6.45, 7) is 4.14. The van der Waals surface area contributed by atoms with E-state index in [4.69, 9.17) is 0 Å². The Kier molecular flexibility index (Phi) is 5.17. The molecule has 0 aromatic heterocycles. The third kappa shape index (κ3) is 5.17. The topological polar surface area (TPSA) is 87.3 Å². The summed E-state index contributed by atoms with van der Waals surface area (Å²) in [7, 11) is -3.35. The third-order valence-corrected chi connectivity index (χ3v) is 3.00. The molecule has 0 aliphatic carbocycles. The van der Waals surface area contributed by atoms with E-state index in [0.717, 1.165) is 6.26 Å². The Hall–Kier alpha value is -1.76. The minimum atomic E-state index is -3.35. The van der Waals surface area contributed by atoms with Gasteiger partial charge in [0.15, 0.2) is 0 Å². The molecule has 1 rings (SSSR count). The molecule has 0 saturated heterocycles. The molecule has 0 spiro atoms. The number of urea groups is 1. The summed E-state index contributed by atoms with van der Waals surface area (Å²) in [5, 5.41) is 5.36. The molecule has 1 aromatic carbocycles. The third-order valence-electron chi connectivity index (χ3n) is 2.41. The number of para-hydroxylation sites is 1.